The number of Topliss-reactive ketones (excluding diaryl/α,β-unsaturated/α-hetero) is 1. The minimum absolute atomic E-state index is 0. The van der Waals surface area contributed by atoms with Gasteiger partial charge in [0.05, 0.1) is 39.3 Å². The summed E-state index contributed by atoms with van der Waals surface area (Å²) in [4.78, 5) is 12.7. The van der Waals surface area contributed by atoms with E-state index in [1.54, 1.807) is 145 Å². The van der Waals surface area contributed by atoms with Crippen LogP contribution in [0.1, 0.15) is 86.4 Å². The fourth-order valence-corrected chi connectivity index (χ4v) is 69.2. The molecule has 3 aliphatic heterocycles. The maximum Gasteiger partial charge on any atom is 0.261 e. The van der Waals surface area contributed by atoms with Crippen molar-refractivity contribution in [1.29, 1.82) is 0 Å². The van der Waals surface area contributed by atoms with Gasteiger partial charge in [0, 0.05) is 327 Å². The van der Waals surface area contributed by atoms with E-state index in [1.165, 1.54) is 39.5 Å². The number of carbonyl (C=O) groups excluding carboxylic acids is 1. The van der Waals surface area contributed by atoms with Crippen LogP contribution in [0.15, 0.2) is 29.9 Å². The Morgan fingerprint density at radius 1 is 0.722 bits per heavy atom. The molecule has 0 bridgehead atoms. The van der Waals surface area contributed by atoms with Gasteiger partial charge in [0.1, 0.15) is 17.1 Å². The van der Waals surface area contributed by atoms with E-state index in [4.69, 9.17) is 60.0 Å². The van der Waals surface area contributed by atoms with Crippen LogP contribution >= 0.6 is 45.9 Å². The number of aliphatic hydroxyl groups excluding tert-OH is 1. The number of ether oxygens (including phenoxy) is 1. The molecule has 5 atom stereocenters. The van der Waals surface area contributed by atoms with Gasteiger partial charge in [0.2, 0.25) is 0 Å². The Balaban J connectivity index is 0.000000528. The topological polar surface area (TPSA) is 186 Å². The number of thiophene rings is 2. The Morgan fingerprint density at radius 3 is 1.53 bits per heavy atom. The van der Waals surface area contributed by atoms with Crippen LogP contribution in [0.5, 0.6) is 0 Å². The van der Waals surface area contributed by atoms with Gasteiger partial charge in [-0.1, -0.05) is 41.1 Å². The van der Waals surface area contributed by atoms with Crippen molar-refractivity contribution < 1.29 is 27.6 Å². The first kappa shape index (κ1) is 80.9. The van der Waals surface area contributed by atoms with Crippen LogP contribution in [-0.2, 0) is 310 Å². The van der Waals surface area contributed by atoms with E-state index in [9.17, 15) is 13.2 Å². The number of aliphatic hydroxyl groups is 1. The zero-order chi connectivity index (χ0) is 57.6. The molecular formula is C32H48Cl2N8O6S31. The minimum atomic E-state index is -3.67. The summed E-state index contributed by atoms with van der Waals surface area (Å²) in [6, 6.07) is 4.78. The van der Waals surface area contributed by atoms with Crippen molar-refractivity contribution in [3.63, 3.8) is 0 Å². The predicted molar refractivity (Wildman–Crippen MR) is 407 cm³/mol. The molecule has 0 unspecified atom stereocenters. The number of nitrogens with one attached hydrogen (secondary N) is 2. The van der Waals surface area contributed by atoms with Crippen molar-refractivity contribution >= 4 is 320 Å². The molecule has 2 saturated heterocycles. The fourth-order valence-electron chi connectivity index (χ4n) is 6.46. The summed E-state index contributed by atoms with van der Waals surface area (Å²) in [5, 5.41) is 33.6. The lowest BCUT2D eigenvalue weighted by Gasteiger charge is -2.45. The lowest BCUT2D eigenvalue weighted by Crippen LogP contribution is -2.49. The van der Waals surface area contributed by atoms with Crippen LogP contribution in [-0.4, -0.2) is 85.4 Å². The number of aromatic nitrogens is 6. The number of fused-ring (bicyclic) bond motifs is 2. The highest BCUT2D eigenvalue weighted by molar-refractivity contribution is 8.79. The van der Waals surface area contributed by atoms with Gasteiger partial charge >= 0.3 is 0 Å². The number of piperidine rings is 2. The van der Waals surface area contributed by atoms with E-state index in [0.29, 0.717) is 37.3 Å². The first-order chi connectivity index (χ1) is 37.4. The second-order valence-electron chi connectivity index (χ2n) is 14.3. The van der Waals surface area contributed by atoms with E-state index >= 15 is 0 Å². The number of carbonyl (C=O) groups is 1. The van der Waals surface area contributed by atoms with Crippen molar-refractivity contribution in [3.8, 4) is 0 Å². The highest BCUT2D eigenvalue weighted by Gasteiger charge is 2.46. The third-order valence-corrected chi connectivity index (χ3v) is 62.4. The Labute approximate surface area is 567 Å². The first-order valence-electron chi connectivity index (χ1n) is 20.3. The number of halogens is 2. The summed E-state index contributed by atoms with van der Waals surface area (Å²) in [5.41, 5.74) is 4.07. The van der Waals surface area contributed by atoms with E-state index in [2.05, 4.69) is 66.6 Å². The van der Waals surface area contributed by atoms with E-state index < -0.39 is 10.1 Å². The minimum Gasteiger partial charge on any atom is -0.396 e. The van der Waals surface area contributed by atoms with Gasteiger partial charge in [-0.05, 0) is 61.7 Å². The summed E-state index contributed by atoms with van der Waals surface area (Å²) in [6.45, 7) is 5.19. The summed E-state index contributed by atoms with van der Waals surface area (Å²) in [6.07, 6.45) is 9.21. The number of ketones is 1. The van der Waals surface area contributed by atoms with Crippen molar-refractivity contribution in [2.75, 3.05) is 19.5 Å². The zero-order valence-electron chi connectivity index (χ0n) is 40.0. The van der Waals surface area contributed by atoms with Crippen molar-refractivity contribution in [2.24, 2.45) is 14.1 Å². The molecule has 2 fully saturated rings. The molecule has 0 radical (unpaired) electrons. The fraction of sp³-hybridized carbons (Fsp3) is 0.594. The number of hydrogen-bond donors (Lipinski definition) is 4. The molecule has 4 aromatic rings. The molecule has 0 aromatic carbocycles. The third-order valence-electron chi connectivity index (χ3n) is 8.67. The van der Waals surface area contributed by atoms with Crippen LogP contribution in [0, 0.1) is 0 Å². The highest BCUT2D eigenvalue weighted by atomic mass is 35.5. The smallest absolute Gasteiger partial charge is 0.261 e. The average Bonchev–Trinajstić information content (AvgIpc) is 4.26. The number of aryl methyl sites for hydroxylation is 2. The van der Waals surface area contributed by atoms with Gasteiger partial charge < -0.3 is 20.5 Å². The molecule has 0 amide bonds. The maximum atomic E-state index is 11.4. The lowest BCUT2D eigenvalue weighted by atomic mass is 9.79. The Hall–Kier alpha value is 3.84. The summed E-state index contributed by atoms with van der Waals surface area (Å²) in [7, 11) is 41.8. The molecular weight excluding hydrogens is 1660 g/mol. The summed E-state index contributed by atoms with van der Waals surface area (Å²) >= 11 is 32.0. The van der Waals surface area contributed by atoms with Crippen LogP contribution in [0.3, 0.4) is 0 Å². The van der Waals surface area contributed by atoms with E-state index in [-0.39, 0.29) is 37.8 Å². The standard InChI is InChI=1S/C15H19ClN4OS.C9H14N4O.C6H7ClOS.CH4O3S.CH4.S26.S2/c1-9-6-15(7-11(17-9)12-8-20(2)19-18-12)14-10(3-4-21-15)5-13(16)22-14;1-6-3-7(14)4-8(10-6)9-5-13(2)12-11-9;7-6-3-5(1-2-8)4-9-6;1-5(2,3)4;;1-3-5-7-9-11-13-15-17-19-21-23-25-26-24-22-20-18-16-14-12-10-8-6-4-2;1-2/h5,8-9,11,17H,3-4,6-7H2,1-2H3;5-6,8,10H,3-4H2,1-2H3;3-4,8H,1-2H2;1H3,(H,2,3,4);1H4;;/t9-,11-,15-;6-,8-;;;;;/m00...../s1. The Kier molecular flexibility index (Phi) is 50.8. The quantitative estimate of drug-likeness (QED) is 0.200. The maximum absolute atomic E-state index is 11.4. The second-order valence-corrected chi connectivity index (χ2v) is 61.5. The molecule has 7 rings (SSSR count). The van der Waals surface area contributed by atoms with Gasteiger partial charge in [-0.15, -0.1) is 32.9 Å². The Morgan fingerprint density at radius 2 is 1.15 bits per heavy atom. The summed E-state index contributed by atoms with van der Waals surface area (Å²) in [5.74, 6) is 0.298. The van der Waals surface area contributed by atoms with Crippen LogP contribution in [0.2, 0.25) is 8.67 Å². The van der Waals surface area contributed by atoms with Crippen molar-refractivity contribution in [2.45, 2.75) is 89.6 Å². The molecule has 452 valence electrons. The monoisotopic (exact) mass is 1700 g/mol. The van der Waals surface area contributed by atoms with Gasteiger partial charge in [-0.2, -0.15) is 8.42 Å². The van der Waals surface area contributed by atoms with Gasteiger partial charge in [0.15, 0.2) is 0 Å². The molecule has 4 N–H and O–H groups in total. The van der Waals surface area contributed by atoms with Gasteiger partial charge in [0.25, 0.3) is 10.1 Å². The van der Waals surface area contributed by atoms with E-state index in [0.717, 1.165) is 51.5 Å². The average molecular weight is 1710 g/mol. The number of rotatable bonds is 4. The number of nitrogens with zero attached hydrogens (tertiary/aromatic N) is 6. The van der Waals surface area contributed by atoms with Crippen LogP contribution < -0.4 is 10.6 Å². The predicted octanol–water partition coefficient (Wildman–Crippen LogP) is 5.02. The molecule has 0 saturated carbocycles. The molecule has 4 aromatic heterocycles. The normalized spacial score (nSPS) is 18.1. The molecule has 79 heavy (non-hydrogen) atoms. The van der Waals surface area contributed by atoms with Gasteiger partial charge in [-0.25, -0.2) is 0 Å². The third kappa shape index (κ3) is 38.9. The zero-order valence-corrected chi connectivity index (χ0v) is 66.8. The van der Waals surface area contributed by atoms with Crippen molar-refractivity contribution in [3.05, 3.63) is 66.0 Å². The molecule has 0 aliphatic carbocycles. The molecule has 7 heterocycles. The highest BCUT2D eigenvalue weighted by Crippen LogP contribution is 2.49. The second kappa shape index (κ2) is 49.6. The van der Waals surface area contributed by atoms with Crippen LogP contribution in [0.4, 0.5) is 0 Å². The van der Waals surface area contributed by atoms with Crippen molar-refractivity contribution in [1.82, 2.24) is 40.6 Å². The van der Waals surface area contributed by atoms with E-state index in [1.807, 2.05) is 116 Å². The first-order valence-corrected chi connectivity index (χ1v) is 59.3. The SMILES string of the molecule is C.CS(=O)(=O)O.C[C@H]1CC(=O)C[C@@H](c2cn(C)nn2)N1.C[C@H]1C[C@@]2(C[C@@H](c3cn(C)nn3)N1)OCCc1cc(Cl)sc12.OCCc1csc(Cl)c1.S=S.S=S=S=S=S=S=S=S=S=S=S=S=S=S=S=S=S=S=S=S=S=S=S=S=S=S. The molecule has 1 spiro atoms. The van der Waals surface area contributed by atoms with Gasteiger partial charge in [-0.3, -0.25) is 18.7 Å². The largest absolute Gasteiger partial charge is 0.396 e. The Bertz CT molecular complexity index is 3750. The lowest BCUT2D eigenvalue weighted by molar-refractivity contribution is -0.121. The molecule has 47 heteroatoms. The van der Waals surface area contributed by atoms with Crippen LogP contribution in [0.25, 0.3) is 0 Å². The number of hydrogen-bond acceptors (Lipinski definition) is 17. The molecule has 3 aliphatic rings. The summed E-state index contributed by atoms with van der Waals surface area (Å²) < 4.78 is 37.3. The molecule has 14 nitrogen and oxygen atoms in total.